The summed E-state index contributed by atoms with van der Waals surface area (Å²) < 4.78 is 246. The van der Waals surface area contributed by atoms with Crippen LogP contribution in [0.4, 0.5) is 4.39 Å². The van der Waals surface area contributed by atoms with Crippen molar-refractivity contribution in [2.24, 2.45) is 0 Å². The second-order valence-corrected chi connectivity index (χ2v) is 48.9. The number of hydrogen-bond donors (Lipinski definition) is 8. The third kappa shape index (κ3) is 56.4. The zero-order valence-electron chi connectivity index (χ0n) is 78.6. The van der Waals surface area contributed by atoms with Crippen molar-refractivity contribution in [3.05, 3.63) is 260 Å². The van der Waals surface area contributed by atoms with Crippen molar-refractivity contribution in [3.63, 3.8) is 0 Å². The standard InChI is InChI=1S/C15H17NO3S.C12H19NO2S.3C11H14N2O2S.C10H14ClNO2S.C9H11ClFNO2S.C5H10N2O2S.C5H13NO2S/c1-12(2)16-20(17,18)15-10-6-9-14(11-15)19-13-7-4-3-5-8-13;1-9(2)13-16(14,15)8-12-6-5-10(3)11(4)7-12;1-9(2)13-16(14,15)8-11-5-3-10(7-12)4-6-11;1-9(2)13-16(14,15)8-11-5-3-4-10(6-11)7-12;1-9(2)13-16(14,15)8-11-6-4-3-5-10(11)7-12;1-8(2)12-15(13,14)7-9-5-3-4-6-10(9)11;1-6(2)12-15(13,14)8-5-3-4-7(10)9(8)11;1-5(2)7-10(8,9)4-3-6;1-5(2)6(3)9(4,7)8/h3-12,16H,1-2H3;5-7,9,13H,8H2,1-4H3;3*3-6,9,13H,8H2,1-2H3;3-6,8,12H,7H2,1-2H3;3-6,12H,1-2H3;5,7H,4H2,1-2H3;5H,1-4H3. The predicted octanol–water partition coefficient (Wildman–Crippen LogP) is 13.9. The van der Waals surface area contributed by atoms with E-state index in [4.69, 9.17) is 49.0 Å². The van der Waals surface area contributed by atoms with Crippen molar-refractivity contribution in [2.75, 3.05) is 19.1 Å². The van der Waals surface area contributed by atoms with Gasteiger partial charge in [-0.15, -0.1) is 0 Å². The van der Waals surface area contributed by atoms with Crippen LogP contribution in [0.2, 0.25) is 10.0 Å². The maximum atomic E-state index is 13.4. The third-order valence-electron chi connectivity index (χ3n) is 15.6. The van der Waals surface area contributed by atoms with Gasteiger partial charge in [0.2, 0.25) is 90.2 Å². The van der Waals surface area contributed by atoms with Crippen LogP contribution in [0.1, 0.15) is 180 Å². The minimum absolute atomic E-state index is 0.0479. The van der Waals surface area contributed by atoms with Gasteiger partial charge in [-0.25, -0.2) is 122 Å². The summed E-state index contributed by atoms with van der Waals surface area (Å²) >= 11 is 11.4. The first-order valence-corrected chi connectivity index (χ1v) is 56.5. The van der Waals surface area contributed by atoms with E-state index in [-0.39, 0.29) is 93.1 Å². The van der Waals surface area contributed by atoms with E-state index in [1.807, 2.05) is 108 Å². The summed E-state index contributed by atoms with van der Waals surface area (Å²) in [6, 6.07) is 58.5. The van der Waals surface area contributed by atoms with Crippen LogP contribution in [-0.4, -0.2) is 153 Å². The first kappa shape index (κ1) is 124. The Hall–Kier alpha value is -8.78. The minimum Gasteiger partial charge on any atom is -0.457 e. The fourth-order valence-electron chi connectivity index (χ4n) is 10.4. The second kappa shape index (κ2) is 59.3. The van der Waals surface area contributed by atoms with Gasteiger partial charge in [0.15, 0.2) is 11.6 Å². The Morgan fingerprint density at radius 2 is 0.729 bits per heavy atom. The lowest BCUT2D eigenvalue weighted by Gasteiger charge is -2.17. The lowest BCUT2D eigenvalue weighted by atomic mass is 10.1. The number of halogens is 3. The van der Waals surface area contributed by atoms with E-state index in [1.54, 1.807) is 225 Å². The van der Waals surface area contributed by atoms with E-state index in [2.05, 4.69) is 37.8 Å². The first-order chi connectivity index (χ1) is 61.1. The molecule has 0 heterocycles. The number of para-hydroxylation sites is 1. The topological polar surface area (TPSA) is 511 Å². The van der Waals surface area contributed by atoms with E-state index >= 15 is 0 Å². The van der Waals surface area contributed by atoms with Crippen molar-refractivity contribution in [3.8, 4) is 35.8 Å². The number of benzene rings is 8. The molecule has 32 nitrogen and oxygen atoms in total. The van der Waals surface area contributed by atoms with Crippen molar-refractivity contribution in [1.29, 1.82) is 21.0 Å². The summed E-state index contributed by atoms with van der Waals surface area (Å²) in [6.07, 6.45) is 1.20. The summed E-state index contributed by atoms with van der Waals surface area (Å²) in [5.41, 5.74) is 6.96. The number of nitriles is 4. The highest BCUT2D eigenvalue weighted by Gasteiger charge is 2.24. The van der Waals surface area contributed by atoms with Crippen LogP contribution in [0.5, 0.6) is 11.5 Å². The van der Waals surface area contributed by atoms with Crippen LogP contribution in [0, 0.1) is 65.0 Å². The molecule has 8 aromatic carbocycles. The number of sulfonamides is 9. The maximum Gasteiger partial charge on any atom is 0.243 e. The SMILES string of the molecule is CC(C)N(C)S(C)(=O)=O.CC(C)NS(=O)(=O)CC#N.CC(C)NS(=O)(=O)Cc1ccc(C#N)cc1.CC(C)NS(=O)(=O)Cc1cccc(C#N)c1.CC(C)NS(=O)(=O)Cc1ccccc1C#N.CC(C)NS(=O)(=O)Cc1ccccc1Cl.CC(C)NS(=O)(=O)c1cccc(Cl)c1F.CC(C)NS(=O)(=O)c1cccc(Oc2ccccc2)c1.Cc1ccc(CS(=O)(=O)NC(C)C)cc1C. The summed E-state index contributed by atoms with van der Waals surface area (Å²) in [5, 5.41) is 34.4. The van der Waals surface area contributed by atoms with Gasteiger partial charge < -0.3 is 4.74 Å². The van der Waals surface area contributed by atoms with Gasteiger partial charge in [0, 0.05) is 72.5 Å². The van der Waals surface area contributed by atoms with E-state index in [0.29, 0.717) is 55.5 Å². The van der Waals surface area contributed by atoms with E-state index in [1.165, 1.54) is 40.4 Å². The Morgan fingerprint density at radius 1 is 0.353 bits per heavy atom. The van der Waals surface area contributed by atoms with Crippen molar-refractivity contribution < 1.29 is 84.9 Å². The van der Waals surface area contributed by atoms with Gasteiger partial charge in [0.1, 0.15) is 16.4 Å². The minimum atomic E-state index is -3.82. The number of hydrogen-bond acceptors (Lipinski definition) is 23. The fourth-order valence-corrected chi connectivity index (χ4v) is 22.5. The summed E-state index contributed by atoms with van der Waals surface area (Å²) in [6.45, 7) is 35.7. The Bertz CT molecular complexity index is 6280. The molecule has 0 radical (unpaired) electrons. The van der Waals surface area contributed by atoms with Crippen molar-refractivity contribution in [1.82, 2.24) is 42.1 Å². The molecule has 0 aliphatic heterocycles. The van der Waals surface area contributed by atoms with Gasteiger partial charge in [-0.05, 0) is 250 Å². The lowest BCUT2D eigenvalue weighted by Crippen LogP contribution is -2.31. The van der Waals surface area contributed by atoms with Gasteiger partial charge in [-0.2, -0.15) is 21.0 Å². The molecule has 0 aliphatic carbocycles. The highest BCUT2D eigenvalue weighted by atomic mass is 35.5. The molecule has 0 atom stereocenters. The quantitative estimate of drug-likeness (QED) is 0.0189. The molecule has 0 bridgehead atoms. The van der Waals surface area contributed by atoms with E-state index in [0.717, 1.165) is 11.1 Å². The Morgan fingerprint density at radius 3 is 1.15 bits per heavy atom. The van der Waals surface area contributed by atoms with Gasteiger partial charge in [-0.3, -0.25) is 0 Å². The van der Waals surface area contributed by atoms with Gasteiger partial charge in [0.25, 0.3) is 0 Å². The van der Waals surface area contributed by atoms with E-state index in [9.17, 15) is 80.2 Å². The van der Waals surface area contributed by atoms with Gasteiger partial charge >= 0.3 is 0 Å². The Kier molecular flexibility index (Phi) is 55.4. The normalized spacial score (nSPS) is 11.8. The molecular weight excluding hydrogens is 1930 g/mol. The Balaban J connectivity index is 0.00000148. The number of nitrogens with zero attached hydrogens (tertiary/aromatic N) is 5. The van der Waals surface area contributed by atoms with E-state index < -0.39 is 107 Å². The van der Waals surface area contributed by atoms with Crippen LogP contribution < -0.4 is 42.5 Å². The molecule has 44 heteroatoms. The smallest absolute Gasteiger partial charge is 0.243 e. The predicted molar refractivity (Wildman–Crippen MR) is 526 cm³/mol. The van der Waals surface area contributed by atoms with Crippen molar-refractivity contribution >= 4 is 113 Å². The molecule has 8 aromatic rings. The molecule has 0 fully saturated rings. The van der Waals surface area contributed by atoms with Crippen LogP contribution in [0.3, 0.4) is 0 Å². The average molecular weight is 2060 g/mol. The number of ether oxygens (including phenoxy) is 1. The molecule has 133 heavy (non-hydrogen) atoms. The summed E-state index contributed by atoms with van der Waals surface area (Å²) in [7, 11) is -28.5. The molecule has 8 N–H and O–H groups in total. The molecule has 0 aliphatic rings. The van der Waals surface area contributed by atoms with Crippen LogP contribution >= 0.6 is 23.2 Å². The maximum absolute atomic E-state index is 13.4. The molecule has 0 saturated heterocycles. The second-order valence-electron chi connectivity index (χ2n) is 32.1. The lowest BCUT2D eigenvalue weighted by molar-refractivity contribution is 0.414. The zero-order chi connectivity index (χ0) is 102. The molecule has 0 saturated carbocycles. The van der Waals surface area contributed by atoms with Crippen molar-refractivity contribution in [2.45, 2.75) is 231 Å². The fraction of sp³-hybridized carbons (Fsp3) is 0.416. The summed E-state index contributed by atoms with van der Waals surface area (Å²) in [4.78, 5) is -0.233. The number of rotatable bonds is 33. The molecule has 0 unspecified atom stereocenters. The first-order valence-electron chi connectivity index (χ1n) is 41.0. The zero-order valence-corrected chi connectivity index (χ0v) is 87.5. The van der Waals surface area contributed by atoms with Gasteiger partial charge in [-0.1, -0.05) is 132 Å². The average Bonchev–Trinajstić information content (AvgIpc) is 0.813. The van der Waals surface area contributed by atoms with Crippen LogP contribution in [0.15, 0.2) is 198 Å². The summed E-state index contributed by atoms with van der Waals surface area (Å²) in [5.74, 6) is -0.580. The van der Waals surface area contributed by atoms with Gasteiger partial charge in [0.05, 0.1) is 85.9 Å². The van der Waals surface area contributed by atoms with Crippen LogP contribution in [-0.2, 0) is 119 Å². The molecule has 8 rings (SSSR count). The number of aryl methyl sites for hydroxylation is 2. The molecular formula is C89H126Cl2FN13O19S9. The Labute approximate surface area is 800 Å². The molecule has 736 valence electrons. The molecule has 0 spiro atoms. The highest BCUT2D eigenvalue weighted by Crippen LogP contribution is 2.26. The highest BCUT2D eigenvalue weighted by molar-refractivity contribution is 7.91. The molecule has 0 aromatic heterocycles. The monoisotopic (exact) mass is 2060 g/mol. The molecule has 0 amide bonds. The third-order valence-corrected chi connectivity index (χ3v) is 30.1. The number of nitrogens with one attached hydrogen (secondary N) is 8. The van der Waals surface area contributed by atoms with Crippen LogP contribution in [0.25, 0.3) is 0 Å². The largest absolute Gasteiger partial charge is 0.457 e.